The Morgan fingerprint density at radius 2 is 1.23 bits per heavy atom. The van der Waals surface area contributed by atoms with Crippen LogP contribution in [-0.4, -0.2) is 119 Å². The first-order valence-corrected chi connectivity index (χ1v) is 19.1. The van der Waals surface area contributed by atoms with Crippen LogP contribution in [0.15, 0.2) is 72.9 Å². The molecule has 14 atom stereocenters. The molecule has 0 aliphatic carbocycles. The Labute approximate surface area is 315 Å². The topological polar surface area (TPSA) is 218 Å². The molecule has 2 aliphatic rings. The van der Waals surface area contributed by atoms with Gasteiger partial charge in [-0.15, -0.1) is 0 Å². The van der Waals surface area contributed by atoms with E-state index < -0.39 is 84.6 Å². The zero-order chi connectivity index (χ0) is 39.6. The highest BCUT2D eigenvalue weighted by atomic mass is 16.6. The highest BCUT2D eigenvalue weighted by molar-refractivity contribution is 5.70. The summed E-state index contributed by atoms with van der Waals surface area (Å²) in [5.41, 5.74) is 0. The predicted octanol–water partition coefficient (Wildman–Crippen LogP) is 3.05. The van der Waals surface area contributed by atoms with Gasteiger partial charge in [-0.1, -0.05) is 93.7 Å². The fourth-order valence-corrected chi connectivity index (χ4v) is 6.59. The van der Waals surface area contributed by atoms with Crippen LogP contribution in [0.1, 0.15) is 91.9 Å². The van der Waals surface area contributed by atoms with Crippen molar-refractivity contribution in [1.82, 2.24) is 0 Å². The SMILES string of the molecule is CC1C2CC(O)C=CCC(O)C=CC=CC=CC=CC=CC(C)[C@H](O)[C@@H](C)[C@H](C)OC(=O)CC(O)CC(O)CC(O)CCCC(O)CC(O)(C[C@@H]1O)O2. The van der Waals surface area contributed by atoms with Crippen molar-refractivity contribution in [1.29, 1.82) is 0 Å². The summed E-state index contributed by atoms with van der Waals surface area (Å²) in [6.07, 6.45) is 12.2. The van der Waals surface area contributed by atoms with Crippen LogP contribution in [-0.2, 0) is 14.3 Å². The Morgan fingerprint density at radius 1 is 0.642 bits per heavy atom. The van der Waals surface area contributed by atoms with Crippen LogP contribution in [0.3, 0.4) is 0 Å². The van der Waals surface area contributed by atoms with Crippen LogP contribution >= 0.6 is 0 Å². The molecule has 2 aliphatic heterocycles. The van der Waals surface area contributed by atoms with Crippen LogP contribution in [0.2, 0.25) is 0 Å². The van der Waals surface area contributed by atoms with Crippen molar-refractivity contribution >= 4 is 5.97 Å². The number of hydrogen-bond donors (Lipinski definition) is 9. The summed E-state index contributed by atoms with van der Waals surface area (Å²) in [6, 6.07) is 0. The molecule has 302 valence electrons. The molecular formula is C41H66O12. The zero-order valence-electron chi connectivity index (χ0n) is 31.8. The number of allylic oxidation sites excluding steroid dienone is 8. The third-order valence-corrected chi connectivity index (χ3v) is 10.1. The molecule has 1 saturated heterocycles. The van der Waals surface area contributed by atoms with E-state index in [0.29, 0.717) is 6.42 Å². The molecule has 9 N–H and O–H groups in total. The number of rotatable bonds is 0. The van der Waals surface area contributed by atoms with E-state index in [1.807, 2.05) is 43.4 Å². The van der Waals surface area contributed by atoms with Crippen molar-refractivity contribution in [2.75, 3.05) is 0 Å². The Morgan fingerprint density at radius 3 is 1.89 bits per heavy atom. The monoisotopic (exact) mass is 750 g/mol. The molecule has 2 rings (SSSR count). The number of esters is 1. The minimum atomic E-state index is -1.83. The first-order valence-electron chi connectivity index (χ1n) is 19.1. The summed E-state index contributed by atoms with van der Waals surface area (Å²) >= 11 is 0. The third kappa shape index (κ3) is 18.6. The van der Waals surface area contributed by atoms with Gasteiger partial charge in [-0.3, -0.25) is 4.79 Å². The van der Waals surface area contributed by atoms with Crippen molar-refractivity contribution in [2.45, 2.75) is 159 Å². The fraction of sp³-hybridized carbons (Fsp3) is 0.683. The molecule has 1 fully saturated rings. The summed E-state index contributed by atoms with van der Waals surface area (Å²) in [4.78, 5) is 12.5. The normalized spacial score (nSPS) is 40.5. The molecule has 0 saturated carbocycles. The van der Waals surface area contributed by atoms with Gasteiger partial charge in [0.25, 0.3) is 0 Å². The largest absolute Gasteiger partial charge is 0.462 e. The molecule has 0 aromatic carbocycles. The summed E-state index contributed by atoms with van der Waals surface area (Å²) in [5, 5.41) is 95.6. The van der Waals surface area contributed by atoms with Crippen LogP contribution in [0.4, 0.5) is 0 Å². The van der Waals surface area contributed by atoms with Gasteiger partial charge in [0.15, 0.2) is 5.79 Å². The summed E-state index contributed by atoms with van der Waals surface area (Å²) in [7, 11) is 0. The average molecular weight is 751 g/mol. The van der Waals surface area contributed by atoms with E-state index in [-0.39, 0.29) is 63.7 Å². The lowest BCUT2D eigenvalue weighted by Crippen LogP contribution is -2.52. The first kappa shape index (κ1) is 46.7. The maximum atomic E-state index is 12.5. The maximum Gasteiger partial charge on any atom is 0.308 e. The van der Waals surface area contributed by atoms with E-state index >= 15 is 0 Å². The highest BCUT2D eigenvalue weighted by Crippen LogP contribution is 2.36. The molecule has 0 radical (unpaired) electrons. The molecule has 12 nitrogen and oxygen atoms in total. The standard InChI is InChI=1S/C41H66O12/c1-27-15-11-9-7-5-6-8-10-12-16-31(42)17-13-19-33(44)23-38-29(3)37(48)26-41(51,53-38)25-34(45)20-14-18-32(43)21-35(46)22-36(47)24-39(49)52-30(4)28(2)40(27)50/h5-13,15-16,19,27-38,40,42-48,50-51H,14,17-18,20-26H2,1-4H3/t27?,28-,29?,30-,31?,32?,33?,34?,35?,36?,37-,38?,40-,41?/m0/s1. The van der Waals surface area contributed by atoms with Crippen molar-refractivity contribution in [3.8, 4) is 0 Å². The number of ether oxygens (including phenoxy) is 2. The molecule has 0 aromatic heterocycles. The molecule has 2 heterocycles. The number of cyclic esters (lactones) is 1. The lowest BCUT2D eigenvalue weighted by atomic mass is 9.84. The van der Waals surface area contributed by atoms with Gasteiger partial charge in [0.1, 0.15) is 6.10 Å². The molecule has 10 unspecified atom stereocenters. The molecule has 12 heteroatoms. The van der Waals surface area contributed by atoms with Crippen LogP contribution in [0.5, 0.6) is 0 Å². The molecular weight excluding hydrogens is 684 g/mol. The summed E-state index contributed by atoms with van der Waals surface area (Å²) in [6.45, 7) is 7.07. The molecule has 53 heavy (non-hydrogen) atoms. The third-order valence-electron chi connectivity index (χ3n) is 10.1. The fourth-order valence-electron chi connectivity index (χ4n) is 6.59. The Balaban J connectivity index is 2.09. The van der Waals surface area contributed by atoms with E-state index in [2.05, 4.69) is 0 Å². The minimum absolute atomic E-state index is 0.0546. The lowest BCUT2D eigenvalue weighted by Gasteiger charge is -2.44. The number of aliphatic hydroxyl groups excluding tert-OH is 8. The molecule has 0 amide bonds. The van der Waals surface area contributed by atoms with Gasteiger partial charge in [0, 0.05) is 37.0 Å². The number of carbonyl (C=O) groups excluding carboxylic acids is 1. The summed E-state index contributed by atoms with van der Waals surface area (Å²) in [5.74, 6) is -3.53. The number of hydrogen-bond acceptors (Lipinski definition) is 12. The van der Waals surface area contributed by atoms with Crippen molar-refractivity contribution in [3.05, 3.63) is 72.9 Å². The minimum Gasteiger partial charge on any atom is -0.462 e. The Bertz CT molecular complexity index is 1230. The quantitative estimate of drug-likeness (QED) is 0.129. The second-order valence-corrected chi connectivity index (χ2v) is 15.0. The molecule has 0 spiro atoms. The van der Waals surface area contributed by atoms with E-state index in [4.69, 9.17) is 9.47 Å². The van der Waals surface area contributed by atoms with Gasteiger partial charge in [0.05, 0.1) is 61.4 Å². The lowest BCUT2D eigenvalue weighted by molar-refractivity contribution is -0.299. The van der Waals surface area contributed by atoms with Gasteiger partial charge >= 0.3 is 5.97 Å². The Hall–Kier alpha value is -2.49. The van der Waals surface area contributed by atoms with E-state index in [1.165, 1.54) is 6.08 Å². The first-order chi connectivity index (χ1) is 25.0. The van der Waals surface area contributed by atoms with E-state index in [1.54, 1.807) is 51.2 Å². The zero-order valence-corrected chi connectivity index (χ0v) is 31.8. The second-order valence-electron chi connectivity index (χ2n) is 15.0. The van der Waals surface area contributed by atoms with Gasteiger partial charge < -0.3 is 55.4 Å². The van der Waals surface area contributed by atoms with E-state index in [9.17, 15) is 50.8 Å². The van der Waals surface area contributed by atoms with Crippen LogP contribution in [0.25, 0.3) is 0 Å². The molecule has 0 aromatic rings. The number of fused-ring (bicyclic) bond motifs is 2. The van der Waals surface area contributed by atoms with E-state index in [0.717, 1.165) is 0 Å². The highest BCUT2D eigenvalue weighted by Gasteiger charge is 2.45. The summed E-state index contributed by atoms with van der Waals surface area (Å²) < 4.78 is 11.4. The van der Waals surface area contributed by atoms with Gasteiger partial charge in [-0.05, 0) is 45.4 Å². The van der Waals surface area contributed by atoms with Crippen molar-refractivity contribution < 1.29 is 60.2 Å². The number of carbonyl (C=O) groups is 1. The van der Waals surface area contributed by atoms with Crippen LogP contribution < -0.4 is 0 Å². The predicted molar refractivity (Wildman–Crippen MR) is 202 cm³/mol. The van der Waals surface area contributed by atoms with Crippen molar-refractivity contribution in [2.24, 2.45) is 17.8 Å². The smallest absolute Gasteiger partial charge is 0.308 e. The van der Waals surface area contributed by atoms with Crippen LogP contribution in [0, 0.1) is 17.8 Å². The average Bonchev–Trinajstić information content (AvgIpc) is 3.06. The maximum absolute atomic E-state index is 12.5. The van der Waals surface area contributed by atoms with Gasteiger partial charge in [-0.25, -0.2) is 0 Å². The Kier molecular flexibility index (Phi) is 21.2. The van der Waals surface area contributed by atoms with Gasteiger partial charge in [-0.2, -0.15) is 0 Å². The van der Waals surface area contributed by atoms with Gasteiger partial charge in [0.2, 0.25) is 0 Å². The van der Waals surface area contributed by atoms with Crippen molar-refractivity contribution in [3.63, 3.8) is 0 Å². The number of aliphatic hydroxyl groups is 9. The second kappa shape index (κ2) is 24.1. The molecule has 2 bridgehead atoms.